The van der Waals surface area contributed by atoms with Gasteiger partial charge in [-0.3, -0.25) is 4.79 Å². The topological polar surface area (TPSA) is 57.8 Å². The lowest BCUT2D eigenvalue weighted by Crippen LogP contribution is -2.31. The Kier molecular flexibility index (Phi) is 4.71. The van der Waals surface area contributed by atoms with Crippen molar-refractivity contribution < 1.29 is 0 Å². The standard InChI is InChI=1S/C23H24BrN3O/c1-13(23(2,3)4)26-21-17-10-9-16(24)11-18(17)19-20(27-21)15(12-25-22(19)28)8-7-14-5-6-14/h9-14H,5-6H2,1-4H3,(H,25,28)(H,26,27). The highest BCUT2D eigenvalue weighted by atomic mass is 79.9. The molecule has 2 N–H and O–H groups in total. The van der Waals surface area contributed by atoms with Crippen molar-refractivity contribution in [1.29, 1.82) is 0 Å². The van der Waals surface area contributed by atoms with Crippen LogP contribution in [0.25, 0.3) is 21.7 Å². The van der Waals surface area contributed by atoms with Crippen molar-refractivity contribution in [1.82, 2.24) is 9.97 Å². The van der Waals surface area contributed by atoms with Crippen LogP contribution in [0.2, 0.25) is 0 Å². The van der Waals surface area contributed by atoms with Gasteiger partial charge in [0.05, 0.1) is 16.5 Å². The summed E-state index contributed by atoms with van der Waals surface area (Å²) < 4.78 is 0.927. The Morgan fingerprint density at radius 3 is 2.71 bits per heavy atom. The number of halogens is 1. The summed E-state index contributed by atoms with van der Waals surface area (Å²) in [7, 11) is 0. The fourth-order valence-corrected chi connectivity index (χ4v) is 3.38. The van der Waals surface area contributed by atoms with Crippen LogP contribution in [0.15, 0.2) is 33.7 Å². The number of pyridine rings is 2. The predicted octanol–water partition coefficient (Wildman–Crippen LogP) is 5.45. The summed E-state index contributed by atoms with van der Waals surface area (Å²) in [6.07, 6.45) is 4.01. The average Bonchev–Trinajstić information content (AvgIpc) is 3.44. The smallest absolute Gasteiger partial charge is 0.258 e. The van der Waals surface area contributed by atoms with Gasteiger partial charge >= 0.3 is 0 Å². The minimum atomic E-state index is -0.141. The predicted molar refractivity (Wildman–Crippen MR) is 120 cm³/mol. The Balaban J connectivity index is 2.01. The molecular weight excluding hydrogens is 414 g/mol. The highest BCUT2D eigenvalue weighted by molar-refractivity contribution is 9.10. The number of hydrogen-bond donors (Lipinski definition) is 2. The summed E-state index contributed by atoms with van der Waals surface area (Å²) >= 11 is 3.55. The molecule has 144 valence electrons. The minimum absolute atomic E-state index is 0.0705. The van der Waals surface area contributed by atoms with Gasteiger partial charge in [-0.05, 0) is 43.4 Å². The van der Waals surface area contributed by atoms with E-state index in [1.807, 2.05) is 18.2 Å². The molecule has 28 heavy (non-hydrogen) atoms. The third kappa shape index (κ3) is 3.66. The molecule has 4 rings (SSSR count). The fraction of sp³-hybridized carbons (Fsp3) is 0.391. The van der Waals surface area contributed by atoms with Crippen molar-refractivity contribution in [3.8, 4) is 11.8 Å². The fourth-order valence-electron chi connectivity index (χ4n) is 3.02. The van der Waals surface area contributed by atoms with Crippen LogP contribution >= 0.6 is 15.9 Å². The van der Waals surface area contributed by atoms with Crippen LogP contribution in [0, 0.1) is 23.2 Å². The SMILES string of the molecule is CC(Nc1nc2c(C#CC3CC3)c[nH]c(=O)c2c2cc(Br)ccc12)C(C)(C)C. The van der Waals surface area contributed by atoms with Crippen molar-refractivity contribution in [2.24, 2.45) is 11.3 Å². The van der Waals surface area contributed by atoms with Gasteiger partial charge in [0.2, 0.25) is 0 Å². The number of rotatable bonds is 2. The summed E-state index contributed by atoms with van der Waals surface area (Å²) in [5.74, 6) is 7.80. The lowest BCUT2D eigenvalue weighted by molar-refractivity contribution is 0.359. The Hall–Kier alpha value is -2.32. The lowest BCUT2D eigenvalue weighted by Gasteiger charge is -2.29. The third-order valence-corrected chi connectivity index (χ3v) is 5.93. The molecule has 1 aromatic carbocycles. The lowest BCUT2D eigenvalue weighted by atomic mass is 9.88. The highest BCUT2D eigenvalue weighted by Crippen LogP contribution is 2.33. The van der Waals surface area contributed by atoms with E-state index in [0.29, 0.717) is 16.8 Å². The van der Waals surface area contributed by atoms with Gasteiger partial charge in [-0.15, -0.1) is 0 Å². The van der Waals surface area contributed by atoms with Crippen LogP contribution in [0.1, 0.15) is 46.1 Å². The van der Waals surface area contributed by atoms with E-state index in [2.05, 4.69) is 65.8 Å². The Labute approximate surface area is 173 Å². The quantitative estimate of drug-likeness (QED) is 0.414. The van der Waals surface area contributed by atoms with Crippen LogP contribution in [0.4, 0.5) is 5.82 Å². The maximum Gasteiger partial charge on any atom is 0.258 e. The summed E-state index contributed by atoms with van der Waals surface area (Å²) in [4.78, 5) is 20.5. The van der Waals surface area contributed by atoms with Crippen molar-refractivity contribution in [2.75, 3.05) is 5.32 Å². The van der Waals surface area contributed by atoms with Crippen LogP contribution in [-0.2, 0) is 0 Å². The number of aromatic nitrogens is 2. The first kappa shape index (κ1) is 19.0. The van der Waals surface area contributed by atoms with Crippen molar-refractivity contribution in [2.45, 2.75) is 46.6 Å². The molecule has 0 spiro atoms. The van der Waals surface area contributed by atoms with E-state index < -0.39 is 0 Å². The van der Waals surface area contributed by atoms with Gasteiger partial charge in [0.1, 0.15) is 5.82 Å². The Morgan fingerprint density at radius 1 is 1.29 bits per heavy atom. The number of H-pyrrole nitrogens is 1. The second-order valence-corrected chi connectivity index (χ2v) is 9.60. The van der Waals surface area contributed by atoms with Crippen molar-refractivity contribution in [3.63, 3.8) is 0 Å². The zero-order valence-corrected chi connectivity index (χ0v) is 18.2. The molecule has 2 heterocycles. The molecule has 1 aliphatic carbocycles. The molecule has 5 heteroatoms. The zero-order valence-electron chi connectivity index (χ0n) is 16.6. The molecule has 1 aliphatic rings. The van der Waals surface area contributed by atoms with Gasteiger partial charge in [0.15, 0.2) is 0 Å². The van der Waals surface area contributed by atoms with E-state index in [0.717, 1.165) is 39.5 Å². The molecule has 1 fully saturated rings. The molecule has 0 amide bonds. The zero-order chi connectivity index (χ0) is 20.1. The molecule has 4 nitrogen and oxygen atoms in total. The molecular formula is C23H24BrN3O. The number of fused-ring (bicyclic) bond motifs is 3. The maximum absolute atomic E-state index is 12.7. The van der Waals surface area contributed by atoms with Gasteiger partial charge in [-0.25, -0.2) is 4.98 Å². The average molecular weight is 438 g/mol. The first-order chi connectivity index (χ1) is 13.2. The van der Waals surface area contributed by atoms with Crippen LogP contribution in [0.5, 0.6) is 0 Å². The molecule has 2 aromatic heterocycles. The van der Waals surface area contributed by atoms with Crippen LogP contribution < -0.4 is 10.9 Å². The van der Waals surface area contributed by atoms with Gasteiger partial charge in [0.25, 0.3) is 5.56 Å². The number of nitrogens with one attached hydrogen (secondary N) is 2. The Bertz CT molecular complexity index is 1190. The summed E-state index contributed by atoms with van der Waals surface area (Å²) in [6.45, 7) is 8.74. The normalized spacial score (nSPS) is 15.3. The number of anilines is 1. The minimum Gasteiger partial charge on any atom is -0.367 e. The summed E-state index contributed by atoms with van der Waals surface area (Å²) in [5, 5.41) is 5.97. The van der Waals surface area contributed by atoms with Crippen molar-refractivity contribution in [3.05, 3.63) is 44.8 Å². The van der Waals surface area contributed by atoms with Gasteiger partial charge in [-0.2, -0.15) is 0 Å². The molecule has 1 unspecified atom stereocenters. The van der Waals surface area contributed by atoms with E-state index >= 15 is 0 Å². The van der Waals surface area contributed by atoms with Gasteiger partial charge < -0.3 is 10.3 Å². The van der Waals surface area contributed by atoms with E-state index in [-0.39, 0.29) is 17.0 Å². The van der Waals surface area contributed by atoms with Gasteiger partial charge in [0, 0.05) is 33.4 Å². The maximum atomic E-state index is 12.7. The Morgan fingerprint density at radius 2 is 2.04 bits per heavy atom. The van der Waals surface area contributed by atoms with E-state index in [1.165, 1.54) is 0 Å². The number of aromatic amines is 1. The van der Waals surface area contributed by atoms with Crippen molar-refractivity contribution >= 4 is 43.4 Å². The second kappa shape index (κ2) is 6.93. The molecule has 0 bridgehead atoms. The molecule has 0 saturated heterocycles. The number of nitrogens with zero attached hydrogens (tertiary/aromatic N) is 1. The first-order valence-corrected chi connectivity index (χ1v) is 10.5. The molecule has 1 atom stereocenters. The largest absolute Gasteiger partial charge is 0.367 e. The highest BCUT2D eigenvalue weighted by Gasteiger charge is 2.22. The van der Waals surface area contributed by atoms with Crippen LogP contribution in [0.3, 0.4) is 0 Å². The third-order valence-electron chi connectivity index (χ3n) is 5.44. The van der Waals surface area contributed by atoms with E-state index in [1.54, 1.807) is 6.20 Å². The van der Waals surface area contributed by atoms with E-state index in [9.17, 15) is 4.79 Å². The summed E-state index contributed by atoms with van der Waals surface area (Å²) in [5.41, 5.74) is 1.36. The second-order valence-electron chi connectivity index (χ2n) is 8.68. The van der Waals surface area contributed by atoms with E-state index in [4.69, 9.17) is 4.98 Å². The summed E-state index contributed by atoms with van der Waals surface area (Å²) in [6, 6.07) is 6.17. The first-order valence-electron chi connectivity index (χ1n) is 9.67. The monoisotopic (exact) mass is 437 g/mol. The molecule has 1 saturated carbocycles. The molecule has 3 aromatic rings. The number of benzene rings is 1. The molecule has 0 aliphatic heterocycles. The van der Waals surface area contributed by atoms with Crippen LogP contribution in [-0.4, -0.2) is 16.0 Å². The van der Waals surface area contributed by atoms with Gasteiger partial charge in [-0.1, -0.05) is 48.5 Å². The number of hydrogen-bond acceptors (Lipinski definition) is 3. The molecule has 0 radical (unpaired) electrons.